The van der Waals surface area contributed by atoms with Crippen LogP contribution in [0.5, 0.6) is 0 Å². The van der Waals surface area contributed by atoms with Gasteiger partial charge < -0.3 is 4.57 Å². The average molecular weight is 459 g/mol. The normalized spacial score (nSPS) is 11.5. The monoisotopic (exact) mass is 458 g/mol. The minimum absolute atomic E-state index is 0.771. The number of rotatable bonds is 6. The van der Waals surface area contributed by atoms with Gasteiger partial charge in [-0.15, -0.1) is 11.3 Å². The summed E-state index contributed by atoms with van der Waals surface area (Å²) in [5.74, 6) is 0. The minimum Gasteiger partial charge on any atom is -0.342 e. The summed E-state index contributed by atoms with van der Waals surface area (Å²) in [6.07, 6.45) is 4.03. The van der Waals surface area contributed by atoms with Crippen molar-refractivity contribution in [2.24, 2.45) is 5.10 Å². The number of fused-ring (bicyclic) bond motifs is 2. The molecule has 0 aliphatic heterocycles. The highest BCUT2D eigenvalue weighted by atomic mass is 32.1. The molecule has 164 valence electrons. The standard InChI is InChI=1S/C29H22N4S/c1-2-8-21(9-3-1)18-33-19-25(26-12-6-7-13-28(26)33)17-30-32-29-31-27(20-34-29)24-15-14-22-10-4-5-11-23(22)16-24/h1-17,19-20H,18H2,(H,31,32)/b30-17+. The number of para-hydroxylation sites is 1. The van der Waals surface area contributed by atoms with E-state index in [4.69, 9.17) is 4.98 Å². The van der Waals surface area contributed by atoms with Gasteiger partial charge in [0.05, 0.1) is 11.9 Å². The summed E-state index contributed by atoms with van der Waals surface area (Å²) < 4.78 is 2.27. The molecule has 0 spiro atoms. The first-order chi connectivity index (χ1) is 16.8. The lowest BCUT2D eigenvalue weighted by molar-refractivity contribution is 0.836. The summed E-state index contributed by atoms with van der Waals surface area (Å²) in [6, 6.07) is 33.7. The van der Waals surface area contributed by atoms with E-state index in [2.05, 4.69) is 118 Å². The van der Waals surface area contributed by atoms with E-state index in [0.29, 0.717) is 0 Å². The topological polar surface area (TPSA) is 42.2 Å². The molecule has 6 rings (SSSR count). The van der Waals surface area contributed by atoms with Gasteiger partial charge in [-0.05, 0) is 28.5 Å². The van der Waals surface area contributed by atoms with E-state index >= 15 is 0 Å². The molecule has 0 aliphatic carbocycles. The van der Waals surface area contributed by atoms with Gasteiger partial charge in [0.25, 0.3) is 0 Å². The number of hydrazone groups is 1. The lowest BCUT2D eigenvalue weighted by Gasteiger charge is -2.05. The molecule has 0 atom stereocenters. The average Bonchev–Trinajstić information content (AvgIpc) is 3.50. The van der Waals surface area contributed by atoms with Crippen LogP contribution in [0, 0.1) is 0 Å². The van der Waals surface area contributed by atoms with Gasteiger partial charge in [0.2, 0.25) is 5.13 Å². The Balaban J connectivity index is 1.22. The van der Waals surface area contributed by atoms with Gasteiger partial charge in [0.1, 0.15) is 0 Å². The van der Waals surface area contributed by atoms with Crippen LogP contribution in [0.2, 0.25) is 0 Å². The second-order valence-electron chi connectivity index (χ2n) is 8.18. The first-order valence-corrected chi connectivity index (χ1v) is 12.1. The SMILES string of the molecule is C(=N\Nc1nc(-c2ccc3ccccc3c2)cs1)/c1cn(Cc2ccccc2)c2ccccc12. The fourth-order valence-electron chi connectivity index (χ4n) is 4.25. The molecule has 4 nitrogen and oxygen atoms in total. The molecule has 34 heavy (non-hydrogen) atoms. The van der Waals surface area contributed by atoms with Crippen LogP contribution < -0.4 is 5.43 Å². The predicted octanol–water partition coefficient (Wildman–Crippen LogP) is 7.41. The van der Waals surface area contributed by atoms with E-state index < -0.39 is 0 Å². The van der Waals surface area contributed by atoms with Gasteiger partial charge in [-0.25, -0.2) is 4.98 Å². The predicted molar refractivity (Wildman–Crippen MR) is 144 cm³/mol. The van der Waals surface area contributed by atoms with Crippen molar-refractivity contribution in [2.45, 2.75) is 6.54 Å². The van der Waals surface area contributed by atoms with E-state index in [1.54, 1.807) is 11.3 Å². The zero-order valence-electron chi connectivity index (χ0n) is 18.4. The molecule has 2 aromatic heterocycles. The molecular formula is C29H22N4S. The fourth-order valence-corrected chi connectivity index (χ4v) is 4.92. The third-order valence-electron chi connectivity index (χ3n) is 5.93. The van der Waals surface area contributed by atoms with E-state index in [9.17, 15) is 0 Å². The molecule has 0 amide bonds. The smallest absolute Gasteiger partial charge is 0.203 e. The van der Waals surface area contributed by atoms with Gasteiger partial charge in [-0.2, -0.15) is 5.10 Å². The molecule has 0 saturated carbocycles. The van der Waals surface area contributed by atoms with Crippen LogP contribution in [-0.2, 0) is 6.54 Å². The molecule has 4 aromatic carbocycles. The van der Waals surface area contributed by atoms with Gasteiger partial charge >= 0.3 is 0 Å². The van der Waals surface area contributed by atoms with Crippen molar-refractivity contribution in [2.75, 3.05) is 5.43 Å². The number of nitrogens with one attached hydrogen (secondary N) is 1. The molecule has 5 heteroatoms. The van der Waals surface area contributed by atoms with Crippen LogP contribution in [0.3, 0.4) is 0 Å². The van der Waals surface area contributed by atoms with Crippen molar-refractivity contribution in [1.29, 1.82) is 0 Å². The third-order valence-corrected chi connectivity index (χ3v) is 6.68. The Morgan fingerprint density at radius 2 is 1.65 bits per heavy atom. The van der Waals surface area contributed by atoms with Gasteiger partial charge in [0, 0.05) is 40.2 Å². The van der Waals surface area contributed by atoms with Crippen molar-refractivity contribution >= 4 is 44.4 Å². The second-order valence-corrected chi connectivity index (χ2v) is 9.04. The van der Waals surface area contributed by atoms with Crippen molar-refractivity contribution in [3.8, 4) is 11.3 Å². The van der Waals surface area contributed by atoms with Crippen LogP contribution in [0.15, 0.2) is 114 Å². The Kier molecular flexibility index (Phi) is 5.38. The molecular weight excluding hydrogens is 436 g/mol. The summed E-state index contributed by atoms with van der Waals surface area (Å²) in [4.78, 5) is 4.73. The molecule has 1 N–H and O–H groups in total. The van der Waals surface area contributed by atoms with Crippen LogP contribution >= 0.6 is 11.3 Å². The Morgan fingerprint density at radius 3 is 2.56 bits per heavy atom. The minimum atomic E-state index is 0.771. The van der Waals surface area contributed by atoms with Gasteiger partial charge in [-0.3, -0.25) is 5.43 Å². The first kappa shape index (κ1) is 20.4. The van der Waals surface area contributed by atoms with E-state index in [1.807, 2.05) is 12.3 Å². The quantitative estimate of drug-likeness (QED) is 0.208. The summed E-state index contributed by atoms with van der Waals surface area (Å²) in [7, 11) is 0. The highest BCUT2D eigenvalue weighted by Crippen LogP contribution is 2.28. The molecule has 2 heterocycles. The number of anilines is 1. The van der Waals surface area contributed by atoms with Crippen LogP contribution in [0.4, 0.5) is 5.13 Å². The Hall–Kier alpha value is -4.22. The molecule has 0 radical (unpaired) electrons. The molecule has 0 aliphatic rings. The molecule has 0 fully saturated rings. The Labute approximate surface area is 201 Å². The van der Waals surface area contributed by atoms with Crippen molar-refractivity contribution in [3.63, 3.8) is 0 Å². The lowest BCUT2D eigenvalue weighted by Crippen LogP contribution is -1.97. The van der Waals surface area contributed by atoms with Crippen molar-refractivity contribution in [3.05, 3.63) is 120 Å². The molecule has 0 bridgehead atoms. The van der Waals surface area contributed by atoms with E-state index in [1.165, 1.54) is 27.2 Å². The van der Waals surface area contributed by atoms with E-state index in [0.717, 1.165) is 28.5 Å². The number of hydrogen-bond acceptors (Lipinski definition) is 4. The van der Waals surface area contributed by atoms with Crippen LogP contribution in [-0.4, -0.2) is 15.8 Å². The van der Waals surface area contributed by atoms with Gasteiger partial charge in [0.15, 0.2) is 0 Å². The largest absolute Gasteiger partial charge is 0.342 e. The Bertz CT molecular complexity index is 1610. The fraction of sp³-hybridized carbons (Fsp3) is 0.0345. The number of aromatic nitrogens is 2. The maximum Gasteiger partial charge on any atom is 0.203 e. The zero-order valence-corrected chi connectivity index (χ0v) is 19.2. The highest BCUT2D eigenvalue weighted by molar-refractivity contribution is 7.14. The molecule has 0 saturated heterocycles. The molecule has 6 aromatic rings. The number of hydrogen-bond donors (Lipinski definition) is 1. The summed E-state index contributed by atoms with van der Waals surface area (Å²) in [5, 5.41) is 11.0. The summed E-state index contributed by atoms with van der Waals surface area (Å²) >= 11 is 1.55. The number of thiazole rings is 1. The number of nitrogens with zero attached hydrogens (tertiary/aromatic N) is 3. The van der Waals surface area contributed by atoms with Crippen molar-refractivity contribution < 1.29 is 0 Å². The second kappa shape index (κ2) is 8.96. The highest BCUT2D eigenvalue weighted by Gasteiger charge is 2.08. The van der Waals surface area contributed by atoms with E-state index in [-0.39, 0.29) is 0 Å². The van der Waals surface area contributed by atoms with Crippen LogP contribution in [0.25, 0.3) is 32.9 Å². The lowest BCUT2D eigenvalue weighted by atomic mass is 10.1. The molecule has 0 unspecified atom stereocenters. The number of benzene rings is 4. The summed E-state index contributed by atoms with van der Waals surface area (Å²) in [5.41, 5.74) is 8.71. The van der Waals surface area contributed by atoms with Crippen molar-refractivity contribution in [1.82, 2.24) is 9.55 Å². The maximum absolute atomic E-state index is 4.73. The summed E-state index contributed by atoms with van der Waals surface area (Å²) in [6.45, 7) is 0.824. The third kappa shape index (κ3) is 4.09. The van der Waals surface area contributed by atoms with Gasteiger partial charge in [-0.1, -0.05) is 84.9 Å². The zero-order chi connectivity index (χ0) is 22.7. The Morgan fingerprint density at radius 1 is 0.853 bits per heavy atom. The van der Waals surface area contributed by atoms with Crippen LogP contribution in [0.1, 0.15) is 11.1 Å². The first-order valence-electron chi connectivity index (χ1n) is 11.2. The maximum atomic E-state index is 4.73.